The number of anilines is 1. The summed E-state index contributed by atoms with van der Waals surface area (Å²) in [5.74, 6) is 2.26. The molecule has 1 aromatic heterocycles. The first-order valence-electron chi connectivity index (χ1n) is 9.48. The molecule has 148 valence electrons. The van der Waals surface area contributed by atoms with Gasteiger partial charge in [-0.05, 0) is 41.7 Å². The van der Waals surface area contributed by atoms with Crippen LogP contribution in [0, 0.1) is 5.92 Å². The van der Waals surface area contributed by atoms with Crippen molar-refractivity contribution < 1.29 is 9.84 Å². The molecule has 0 fully saturated rings. The molecule has 0 amide bonds. The highest BCUT2D eigenvalue weighted by molar-refractivity contribution is 5.85. The number of rotatable bonds is 6. The molecule has 0 aliphatic carbocycles. The van der Waals surface area contributed by atoms with Gasteiger partial charge in [0, 0.05) is 31.4 Å². The summed E-state index contributed by atoms with van der Waals surface area (Å²) in [6.45, 7) is 4.80. The first-order valence-corrected chi connectivity index (χ1v) is 9.48. The van der Waals surface area contributed by atoms with Crippen LogP contribution < -0.4 is 11.1 Å². The second-order valence-corrected chi connectivity index (χ2v) is 6.96. The lowest BCUT2D eigenvalue weighted by molar-refractivity contribution is 0.382. The zero-order chi connectivity index (χ0) is 20.1. The Morgan fingerprint density at radius 3 is 2.89 bits per heavy atom. The minimum atomic E-state index is 0.0624. The van der Waals surface area contributed by atoms with Crippen LogP contribution in [-0.2, 0) is 4.74 Å². The summed E-state index contributed by atoms with van der Waals surface area (Å²) in [5, 5.41) is 13.6. The van der Waals surface area contributed by atoms with E-state index in [2.05, 4.69) is 27.2 Å². The van der Waals surface area contributed by atoms with Gasteiger partial charge in [-0.15, -0.1) is 0 Å². The number of nitrogens with zero attached hydrogens (tertiary/aromatic N) is 3. The second-order valence-electron chi connectivity index (χ2n) is 6.96. The number of methoxy groups -OCH3 is 1. The molecule has 0 bridgehead atoms. The monoisotopic (exact) mass is 381 g/mol. The van der Waals surface area contributed by atoms with Crippen molar-refractivity contribution in [1.29, 1.82) is 0 Å². The van der Waals surface area contributed by atoms with Crippen LogP contribution in [0.15, 0.2) is 41.7 Å². The molecule has 0 radical (unpaired) electrons. The largest absolute Gasteiger partial charge is 0.507 e. The lowest BCUT2D eigenvalue weighted by Crippen LogP contribution is -2.28. The highest BCUT2D eigenvalue weighted by Gasteiger charge is 2.20. The quantitative estimate of drug-likeness (QED) is 0.708. The maximum atomic E-state index is 10.4. The Morgan fingerprint density at radius 2 is 2.18 bits per heavy atom. The lowest BCUT2D eigenvalue weighted by Gasteiger charge is -2.20. The molecule has 7 nitrogen and oxygen atoms in total. The maximum absolute atomic E-state index is 10.4. The van der Waals surface area contributed by atoms with Crippen molar-refractivity contribution in [3.63, 3.8) is 0 Å². The van der Waals surface area contributed by atoms with Crippen LogP contribution in [0.4, 0.5) is 5.82 Å². The summed E-state index contributed by atoms with van der Waals surface area (Å²) in [5.41, 5.74) is 8.61. The van der Waals surface area contributed by atoms with Gasteiger partial charge >= 0.3 is 0 Å². The molecule has 1 unspecified atom stereocenters. The van der Waals surface area contributed by atoms with Crippen LogP contribution in [0.1, 0.15) is 32.3 Å². The molecule has 1 aromatic carbocycles. The Kier molecular flexibility index (Phi) is 6.26. The van der Waals surface area contributed by atoms with Crippen LogP contribution in [-0.4, -0.2) is 40.7 Å². The van der Waals surface area contributed by atoms with Crippen LogP contribution >= 0.6 is 0 Å². The Balaban J connectivity index is 1.90. The van der Waals surface area contributed by atoms with Crippen molar-refractivity contribution in [3.05, 3.63) is 42.2 Å². The molecule has 2 aromatic rings. The SMILES string of the molecule is CC[C@@H](N)CNc1ccnc(-c2cc(C3=CN=C(OC)CC3C)ccc2O)n1. The number of hydrogen-bond donors (Lipinski definition) is 3. The van der Waals surface area contributed by atoms with Crippen molar-refractivity contribution in [3.8, 4) is 17.1 Å². The number of benzene rings is 1. The minimum absolute atomic E-state index is 0.0624. The minimum Gasteiger partial charge on any atom is -0.507 e. The predicted molar refractivity (Wildman–Crippen MR) is 112 cm³/mol. The molecular weight excluding hydrogens is 354 g/mol. The van der Waals surface area contributed by atoms with Gasteiger partial charge in [0.25, 0.3) is 0 Å². The van der Waals surface area contributed by atoms with Gasteiger partial charge in [0.05, 0.1) is 12.7 Å². The third-order valence-corrected chi connectivity index (χ3v) is 4.89. The third kappa shape index (κ3) is 4.48. The average Bonchev–Trinajstić information content (AvgIpc) is 2.72. The molecule has 7 heteroatoms. The van der Waals surface area contributed by atoms with E-state index in [4.69, 9.17) is 10.5 Å². The van der Waals surface area contributed by atoms with Crippen molar-refractivity contribution in [2.45, 2.75) is 32.7 Å². The number of phenolic OH excluding ortho intramolecular Hbond substituents is 1. The van der Waals surface area contributed by atoms with Gasteiger partial charge in [-0.2, -0.15) is 0 Å². The van der Waals surface area contributed by atoms with E-state index in [9.17, 15) is 5.11 Å². The molecule has 1 aliphatic heterocycles. The Labute approximate surface area is 165 Å². The number of nitrogens with two attached hydrogens (primary N) is 1. The zero-order valence-corrected chi connectivity index (χ0v) is 16.5. The molecular formula is C21H27N5O2. The zero-order valence-electron chi connectivity index (χ0n) is 16.5. The van der Waals surface area contributed by atoms with E-state index in [1.54, 1.807) is 25.4 Å². The molecule has 2 atom stereocenters. The van der Waals surface area contributed by atoms with Crippen LogP contribution in [0.2, 0.25) is 0 Å². The summed E-state index contributed by atoms with van der Waals surface area (Å²) >= 11 is 0. The van der Waals surface area contributed by atoms with Gasteiger partial charge in [0.15, 0.2) is 11.7 Å². The topological polar surface area (TPSA) is 106 Å². The molecule has 4 N–H and O–H groups in total. The second kappa shape index (κ2) is 8.84. The lowest BCUT2D eigenvalue weighted by atomic mass is 9.89. The highest BCUT2D eigenvalue weighted by Crippen LogP contribution is 2.35. The van der Waals surface area contributed by atoms with E-state index in [0.717, 1.165) is 29.9 Å². The summed E-state index contributed by atoms with van der Waals surface area (Å²) in [6, 6.07) is 7.31. The Bertz CT molecular complexity index is 894. The Morgan fingerprint density at radius 1 is 1.36 bits per heavy atom. The van der Waals surface area contributed by atoms with E-state index in [0.29, 0.717) is 23.8 Å². The number of ether oxygens (including phenoxy) is 1. The fourth-order valence-electron chi connectivity index (χ4n) is 3.05. The fraction of sp³-hybridized carbons (Fsp3) is 0.381. The number of aliphatic imine (C=N–C) groups is 1. The van der Waals surface area contributed by atoms with Gasteiger partial charge in [0.2, 0.25) is 0 Å². The van der Waals surface area contributed by atoms with Gasteiger partial charge in [0.1, 0.15) is 11.6 Å². The number of aromatic hydroxyl groups is 1. The van der Waals surface area contributed by atoms with Gasteiger partial charge in [-0.25, -0.2) is 15.0 Å². The van der Waals surface area contributed by atoms with Crippen LogP contribution in [0.25, 0.3) is 17.0 Å². The van der Waals surface area contributed by atoms with Gasteiger partial charge < -0.3 is 20.9 Å². The molecule has 1 aliphatic rings. The average molecular weight is 381 g/mol. The molecule has 0 saturated heterocycles. The molecule has 0 saturated carbocycles. The predicted octanol–water partition coefficient (Wildman–Crippen LogP) is 3.42. The number of nitrogens with one attached hydrogen (secondary N) is 1. The van der Waals surface area contributed by atoms with E-state index in [1.165, 1.54) is 0 Å². The van der Waals surface area contributed by atoms with Crippen LogP contribution in [0.5, 0.6) is 5.75 Å². The normalized spacial score (nSPS) is 17.5. The fourth-order valence-corrected chi connectivity index (χ4v) is 3.05. The van der Waals surface area contributed by atoms with Crippen LogP contribution in [0.3, 0.4) is 0 Å². The summed E-state index contributed by atoms with van der Waals surface area (Å²) in [6.07, 6.45) is 5.13. The number of aromatic nitrogens is 2. The standard InChI is InChI=1S/C21H27N5O2/c1-4-15(22)11-24-19-7-8-23-21(26-19)16-10-14(5-6-18(16)27)17-12-25-20(28-3)9-13(17)2/h5-8,10,12-13,15,27H,4,9,11,22H2,1-3H3,(H,23,24,26)/t13?,15-/m1/s1. The number of phenols is 1. The van der Waals surface area contributed by atoms with E-state index in [1.807, 2.05) is 25.3 Å². The first kappa shape index (κ1) is 19.8. The van der Waals surface area contributed by atoms with Crippen molar-refractivity contribution in [1.82, 2.24) is 9.97 Å². The van der Waals surface area contributed by atoms with Crippen molar-refractivity contribution in [2.75, 3.05) is 19.0 Å². The molecule has 0 spiro atoms. The van der Waals surface area contributed by atoms with Gasteiger partial charge in [-0.1, -0.05) is 19.9 Å². The number of allylic oxidation sites excluding steroid dienone is 1. The molecule has 2 heterocycles. The van der Waals surface area contributed by atoms with E-state index in [-0.39, 0.29) is 17.7 Å². The van der Waals surface area contributed by atoms with Gasteiger partial charge in [-0.3, -0.25) is 0 Å². The molecule has 3 rings (SSSR count). The summed E-state index contributed by atoms with van der Waals surface area (Å²) in [4.78, 5) is 13.2. The number of hydrogen-bond acceptors (Lipinski definition) is 7. The Hall–Kier alpha value is -2.93. The van der Waals surface area contributed by atoms with E-state index >= 15 is 0 Å². The first-order chi connectivity index (χ1) is 13.5. The third-order valence-electron chi connectivity index (χ3n) is 4.89. The smallest absolute Gasteiger partial charge is 0.188 e. The van der Waals surface area contributed by atoms with Crippen molar-refractivity contribution >= 4 is 17.3 Å². The van der Waals surface area contributed by atoms with Crippen molar-refractivity contribution in [2.24, 2.45) is 16.6 Å². The molecule has 28 heavy (non-hydrogen) atoms. The maximum Gasteiger partial charge on any atom is 0.188 e. The van der Waals surface area contributed by atoms with E-state index < -0.39 is 0 Å². The summed E-state index contributed by atoms with van der Waals surface area (Å²) < 4.78 is 5.25. The highest BCUT2D eigenvalue weighted by atomic mass is 16.5. The summed E-state index contributed by atoms with van der Waals surface area (Å²) in [7, 11) is 1.63.